The van der Waals surface area contributed by atoms with Crippen LogP contribution in [0.4, 0.5) is 0 Å². The molecule has 0 amide bonds. The third-order valence-corrected chi connectivity index (χ3v) is 7.01. The molecule has 1 fully saturated rings. The molecule has 28 heavy (non-hydrogen) atoms. The molecule has 0 radical (unpaired) electrons. The van der Waals surface area contributed by atoms with Crippen LogP contribution >= 0.6 is 0 Å². The first-order chi connectivity index (χ1) is 13.1. The summed E-state index contributed by atoms with van der Waals surface area (Å²) in [5, 5.41) is -0.746. The van der Waals surface area contributed by atoms with Crippen LogP contribution in [-0.2, 0) is 20.2 Å². The second-order valence-electron chi connectivity index (χ2n) is 7.03. The molecule has 0 aliphatic heterocycles. The van der Waals surface area contributed by atoms with Gasteiger partial charge < -0.3 is 0 Å². The Bertz CT molecular complexity index is 946. The topological polar surface area (TPSA) is 109 Å². The summed E-state index contributed by atoms with van der Waals surface area (Å²) < 4.78 is 62.2. The van der Waals surface area contributed by atoms with E-state index in [1.54, 1.807) is 24.3 Å². The highest BCUT2D eigenvalue weighted by atomic mass is 32.2. The fourth-order valence-corrected chi connectivity index (χ4v) is 5.22. The Labute approximate surface area is 167 Å². The first kappa shape index (κ1) is 22.5. The molecule has 2 aromatic rings. The van der Waals surface area contributed by atoms with Crippen molar-refractivity contribution in [1.82, 2.24) is 0 Å². The third-order valence-electron chi connectivity index (χ3n) is 4.85. The molecular weight excluding hydrogens is 400 g/mol. The first-order valence-electron chi connectivity index (χ1n) is 9.14. The molecule has 3 rings (SSSR count). The van der Waals surface area contributed by atoms with Gasteiger partial charge in [0.25, 0.3) is 20.2 Å². The predicted octanol–water partition coefficient (Wildman–Crippen LogP) is 4.44. The highest BCUT2D eigenvalue weighted by Crippen LogP contribution is 2.38. The maximum atomic E-state index is 11.6. The minimum Gasteiger partial charge on any atom is -0.285 e. The van der Waals surface area contributed by atoms with E-state index in [1.807, 2.05) is 25.1 Å². The van der Waals surface area contributed by atoms with Gasteiger partial charge in [-0.2, -0.15) is 16.8 Å². The summed E-state index contributed by atoms with van der Waals surface area (Å²) >= 11 is 0. The maximum Gasteiger partial charge on any atom is 0.294 e. The molecule has 1 aliphatic rings. The van der Waals surface area contributed by atoms with Crippen molar-refractivity contribution in [2.75, 3.05) is 0 Å². The maximum absolute atomic E-state index is 11.6. The highest BCUT2D eigenvalue weighted by molar-refractivity contribution is 7.86. The van der Waals surface area contributed by atoms with Crippen LogP contribution in [0.2, 0.25) is 0 Å². The van der Waals surface area contributed by atoms with Gasteiger partial charge in [-0.05, 0) is 43.4 Å². The molecule has 1 unspecified atom stereocenters. The van der Waals surface area contributed by atoms with E-state index in [-0.39, 0.29) is 10.8 Å². The van der Waals surface area contributed by atoms with Crippen molar-refractivity contribution in [3.63, 3.8) is 0 Å². The Morgan fingerprint density at radius 3 is 1.82 bits per heavy atom. The van der Waals surface area contributed by atoms with Gasteiger partial charge in [-0.25, -0.2) is 0 Å². The Morgan fingerprint density at radius 2 is 1.36 bits per heavy atom. The van der Waals surface area contributed by atoms with Crippen molar-refractivity contribution in [3.8, 4) is 0 Å². The number of hydrogen-bond donors (Lipinski definition) is 2. The molecule has 154 valence electrons. The quantitative estimate of drug-likeness (QED) is 0.700. The molecule has 1 aliphatic carbocycles. The van der Waals surface area contributed by atoms with Gasteiger partial charge in [-0.15, -0.1) is 0 Å². The van der Waals surface area contributed by atoms with Gasteiger partial charge in [0.2, 0.25) is 0 Å². The summed E-state index contributed by atoms with van der Waals surface area (Å²) in [7, 11) is -8.04. The zero-order valence-electron chi connectivity index (χ0n) is 15.7. The average Bonchev–Trinajstić information content (AvgIpc) is 2.63. The van der Waals surface area contributed by atoms with Crippen LogP contribution in [0.25, 0.3) is 0 Å². The summed E-state index contributed by atoms with van der Waals surface area (Å²) in [6.07, 6.45) is 5.06. The minimum atomic E-state index is -4.02. The van der Waals surface area contributed by atoms with Gasteiger partial charge in [0.1, 0.15) is 5.25 Å². The molecule has 1 atom stereocenters. The van der Waals surface area contributed by atoms with Gasteiger partial charge in [0.05, 0.1) is 4.90 Å². The normalized spacial score (nSPS) is 16.7. The predicted molar refractivity (Wildman–Crippen MR) is 108 cm³/mol. The summed E-state index contributed by atoms with van der Waals surface area (Å²) in [6.45, 7) is 1.84. The summed E-state index contributed by atoms with van der Waals surface area (Å²) in [5.74, 6) is 0.0566. The van der Waals surface area contributed by atoms with E-state index < -0.39 is 25.5 Å². The van der Waals surface area contributed by atoms with Crippen molar-refractivity contribution in [3.05, 3.63) is 65.7 Å². The van der Waals surface area contributed by atoms with Crippen molar-refractivity contribution in [1.29, 1.82) is 0 Å². The summed E-state index contributed by atoms with van der Waals surface area (Å²) in [6, 6.07) is 15.0. The zero-order chi connectivity index (χ0) is 20.8. The van der Waals surface area contributed by atoms with Crippen LogP contribution in [0.3, 0.4) is 0 Å². The van der Waals surface area contributed by atoms with Crippen LogP contribution < -0.4 is 0 Å². The second kappa shape index (κ2) is 9.65. The standard InChI is InChI=1S/C13H18O3S.C7H8O3S/c14-17(15,16)13(11-7-3-1-4-8-11)12-9-5-2-6-10-12;1-6-2-4-7(5-3-6)11(8,9)10/h1,3-4,7-8,12-13H,2,5-6,9-10H2,(H,14,15,16);2-5H,1H3,(H,8,9,10). The molecule has 0 bridgehead atoms. The van der Waals surface area contributed by atoms with Crippen molar-refractivity contribution in [2.45, 2.75) is 49.2 Å². The Kier molecular flexibility index (Phi) is 7.77. The molecule has 2 N–H and O–H groups in total. The van der Waals surface area contributed by atoms with Gasteiger partial charge in [0, 0.05) is 0 Å². The molecule has 0 saturated heterocycles. The van der Waals surface area contributed by atoms with E-state index in [9.17, 15) is 21.4 Å². The number of rotatable bonds is 4. The lowest BCUT2D eigenvalue weighted by molar-refractivity contribution is 0.329. The SMILES string of the molecule is Cc1ccc(S(=O)(=O)O)cc1.O=S(=O)(O)C(c1ccccc1)C1CCCCC1. The highest BCUT2D eigenvalue weighted by Gasteiger charge is 2.34. The van der Waals surface area contributed by atoms with Gasteiger partial charge in [-0.3, -0.25) is 9.11 Å². The number of aryl methyl sites for hydroxylation is 1. The van der Waals surface area contributed by atoms with E-state index >= 15 is 0 Å². The molecule has 8 heteroatoms. The fraction of sp³-hybridized carbons (Fsp3) is 0.400. The minimum absolute atomic E-state index is 0.0566. The van der Waals surface area contributed by atoms with Crippen LogP contribution in [0.1, 0.15) is 48.5 Å². The Hall–Kier alpha value is -1.74. The van der Waals surface area contributed by atoms with Crippen molar-refractivity contribution in [2.24, 2.45) is 5.92 Å². The van der Waals surface area contributed by atoms with Gasteiger partial charge in [-0.1, -0.05) is 67.3 Å². The lowest BCUT2D eigenvalue weighted by Gasteiger charge is -2.28. The zero-order valence-corrected chi connectivity index (χ0v) is 17.4. The molecule has 0 spiro atoms. The largest absolute Gasteiger partial charge is 0.294 e. The molecule has 1 saturated carbocycles. The van der Waals surface area contributed by atoms with Gasteiger partial charge in [0.15, 0.2) is 0 Å². The Morgan fingerprint density at radius 1 is 0.821 bits per heavy atom. The monoisotopic (exact) mass is 426 g/mol. The molecule has 0 heterocycles. The lowest BCUT2D eigenvalue weighted by atomic mass is 9.84. The van der Waals surface area contributed by atoms with Crippen LogP contribution in [0.5, 0.6) is 0 Å². The van der Waals surface area contributed by atoms with Crippen LogP contribution in [0, 0.1) is 12.8 Å². The fourth-order valence-electron chi connectivity index (χ4n) is 3.48. The molecule has 6 nitrogen and oxygen atoms in total. The lowest BCUT2D eigenvalue weighted by Crippen LogP contribution is -2.23. The Balaban J connectivity index is 0.000000221. The van der Waals surface area contributed by atoms with E-state index in [0.717, 1.165) is 31.2 Å². The van der Waals surface area contributed by atoms with Gasteiger partial charge >= 0.3 is 0 Å². The van der Waals surface area contributed by atoms with Crippen molar-refractivity contribution >= 4 is 20.2 Å². The smallest absolute Gasteiger partial charge is 0.285 e. The van der Waals surface area contributed by atoms with Crippen LogP contribution in [-0.4, -0.2) is 25.9 Å². The summed E-state index contributed by atoms with van der Waals surface area (Å²) in [4.78, 5) is -0.0666. The van der Waals surface area contributed by atoms with E-state index in [0.29, 0.717) is 5.56 Å². The van der Waals surface area contributed by atoms with E-state index in [2.05, 4.69) is 0 Å². The number of hydrogen-bond acceptors (Lipinski definition) is 4. The number of benzene rings is 2. The summed E-state index contributed by atoms with van der Waals surface area (Å²) in [5.41, 5.74) is 1.67. The first-order valence-corrected chi connectivity index (χ1v) is 12.1. The van der Waals surface area contributed by atoms with Crippen molar-refractivity contribution < 1.29 is 25.9 Å². The third kappa shape index (κ3) is 6.70. The van der Waals surface area contributed by atoms with E-state index in [1.165, 1.54) is 18.6 Å². The molecule has 0 aromatic heterocycles. The molecule has 2 aromatic carbocycles. The van der Waals surface area contributed by atoms with E-state index in [4.69, 9.17) is 4.55 Å². The van der Waals surface area contributed by atoms with Crippen LogP contribution in [0.15, 0.2) is 59.5 Å². The molecular formula is C20H26O6S2. The average molecular weight is 427 g/mol. The second-order valence-corrected chi connectivity index (χ2v) is 9.99.